The Hall–Kier alpha value is -4.60. The highest BCUT2D eigenvalue weighted by Gasteiger charge is 2.23. The van der Waals surface area contributed by atoms with Crippen LogP contribution in [0.15, 0.2) is 70.4 Å². The van der Waals surface area contributed by atoms with Gasteiger partial charge in [0.15, 0.2) is 11.2 Å². The molecular weight excluding hydrogens is 450 g/mol. The molecule has 5 aromatic rings. The number of nitrogens with zero attached hydrogens (tertiary/aromatic N) is 5. The molecule has 0 saturated heterocycles. The molecule has 0 bridgehead atoms. The van der Waals surface area contributed by atoms with Crippen LogP contribution in [0.5, 0.6) is 5.75 Å². The van der Waals surface area contributed by atoms with Crippen molar-refractivity contribution in [3.63, 3.8) is 0 Å². The summed E-state index contributed by atoms with van der Waals surface area (Å²) in [6.07, 6.45) is 1.81. The Morgan fingerprint density at radius 1 is 1.03 bits per heavy atom. The highest BCUT2D eigenvalue weighted by Crippen LogP contribution is 2.29. The van der Waals surface area contributed by atoms with Gasteiger partial charge in [0.2, 0.25) is 5.78 Å². The van der Waals surface area contributed by atoms with Crippen LogP contribution in [0.4, 0.5) is 0 Å². The summed E-state index contributed by atoms with van der Waals surface area (Å²) in [5.74, 6) is 0.495. The third kappa shape index (κ3) is 3.59. The standard InChI is InChI=1S/C25H23N5O5/c1-4-35-18-12-10-17(11-13-18)30-19(16-8-6-5-7-9-16)14-28-21-22(26-24(28)30)27(2)25(33)29(23(21)32)15-20(31)34-3/h5-14H,4,15H2,1-3H3. The zero-order chi connectivity index (χ0) is 24.7. The van der Waals surface area contributed by atoms with E-state index in [1.165, 1.54) is 18.7 Å². The second-order valence-electron chi connectivity index (χ2n) is 7.91. The number of ether oxygens (including phenoxy) is 2. The number of carbonyl (C=O) groups is 1. The van der Waals surface area contributed by atoms with E-state index in [9.17, 15) is 14.4 Å². The van der Waals surface area contributed by atoms with Crippen LogP contribution in [0.25, 0.3) is 33.9 Å². The lowest BCUT2D eigenvalue weighted by molar-refractivity contribution is -0.141. The van der Waals surface area contributed by atoms with E-state index in [-0.39, 0.29) is 11.2 Å². The number of rotatable bonds is 6. The number of fused-ring (bicyclic) bond motifs is 3. The Labute approximate surface area is 199 Å². The van der Waals surface area contributed by atoms with E-state index >= 15 is 0 Å². The van der Waals surface area contributed by atoms with Crippen LogP contribution >= 0.6 is 0 Å². The Morgan fingerprint density at radius 2 is 1.74 bits per heavy atom. The van der Waals surface area contributed by atoms with Crippen molar-refractivity contribution < 1.29 is 14.3 Å². The number of imidazole rings is 2. The highest BCUT2D eigenvalue weighted by atomic mass is 16.5. The van der Waals surface area contributed by atoms with Crippen LogP contribution in [-0.4, -0.2) is 42.8 Å². The third-order valence-electron chi connectivity index (χ3n) is 5.84. The first-order chi connectivity index (χ1) is 16.9. The number of carbonyl (C=O) groups excluding carboxylic acids is 1. The van der Waals surface area contributed by atoms with Gasteiger partial charge in [-0.1, -0.05) is 30.3 Å². The van der Waals surface area contributed by atoms with E-state index in [0.29, 0.717) is 12.4 Å². The summed E-state index contributed by atoms with van der Waals surface area (Å²) in [5.41, 5.74) is 1.65. The fourth-order valence-electron chi connectivity index (χ4n) is 4.15. The number of hydrogen-bond donors (Lipinski definition) is 0. The average molecular weight is 473 g/mol. The SMILES string of the molecule is CCOc1ccc(-n2c(-c3ccccc3)cn3c4c(=O)n(CC(=O)OC)c(=O)n(C)c4nc23)cc1. The Morgan fingerprint density at radius 3 is 2.40 bits per heavy atom. The summed E-state index contributed by atoms with van der Waals surface area (Å²) in [4.78, 5) is 42.8. The Bertz CT molecular complexity index is 1670. The predicted molar refractivity (Wildman–Crippen MR) is 130 cm³/mol. The minimum atomic E-state index is -0.693. The number of hydrogen-bond acceptors (Lipinski definition) is 6. The summed E-state index contributed by atoms with van der Waals surface area (Å²) in [6, 6.07) is 17.3. The van der Waals surface area contributed by atoms with Crippen molar-refractivity contribution in [2.45, 2.75) is 13.5 Å². The summed E-state index contributed by atoms with van der Waals surface area (Å²) < 4.78 is 15.9. The van der Waals surface area contributed by atoms with Crippen molar-refractivity contribution >= 4 is 22.9 Å². The fraction of sp³-hybridized carbons (Fsp3) is 0.200. The predicted octanol–water partition coefficient (Wildman–Crippen LogP) is 2.38. The molecule has 0 aliphatic rings. The first-order valence-electron chi connectivity index (χ1n) is 11.0. The molecule has 10 heteroatoms. The van der Waals surface area contributed by atoms with Gasteiger partial charge in [0.05, 0.1) is 19.4 Å². The molecule has 35 heavy (non-hydrogen) atoms. The van der Waals surface area contributed by atoms with E-state index in [4.69, 9.17) is 4.74 Å². The number of methoxy groups -OCH3 is 1. The normalized spacial score (nSPS) is 11.3. The monoisotopic (exact) mass is 473 g/mol. The van der Waals surface area contributed by atoms with Crippen molar-refractivity contribution in [2.24, 2.45) is 7.05 Å². The minimum absolute atomic E-state index is 0.188. The maximum atomic E-state index is 13.4. The van der Waals surface area contributed by atoms with E-state index in [0.717, 1.165) is 27.3 Å². The van der Waals surface area contributed by atoms with Gasteiger partial charge >= 0.3 is 11.7 Å². The van der Waals surface area contributed by atoms with Gasteiger partial charge in [-0.3, -0.25) is 23.1 Å². The lowest BCUT2D eigenvalue weighted by Crippen LogP contribution is -2.41. The molecule has 5 rings (SSSR count). The van der Waals surface area contributed by atoms with Gasteiger partial charge in [-0.25, -0.2) is 9.36 Å². The number of esters is 1. The molecule has 0 radical (unpaired) electrons. The molecule has 2 aromatic carbocycles. The smallest absolute Gasteiger partial charge is 0.333 e. The molecule has 0 fully saturated rings. The van der Waals surface area contributed by atoms with E-state index in [1.54, 1.807) is 4.40 Å². The van der Waals surface area contributed by atoms with Crippen molar-refractivity contribution in [3.05, 3.63) is 81.6 Å². The molecule has 0 saturated carbocycles. The molecule has 0 atom stereocenters. The van der Waals surface area contributed by atoms with Crippen LogP contribution in [0.3, 0.4) is 0 Å². The molecule has 0 amide bonds. The molecule has 0 unspecified atom stereocenters. The largest absolute Gasteiger partial charge is 0.494 e. The highest BCUT2D eigenvalue weighted by molar-refractivity contribution is 5.80. The Kier molecular flexibility index (Phi) is 5.48. The first kappa shape index (κ1) is 22.2. The van der Waals surface area contributed by atoms with Crippen molar-refractivity contribution in [1.82, 2.24) is 23.1 Å². The zero-order valence-electron chi connectivity index (χ0n) is 19.5. The lowest BCUT2D eigenvalue weighted by Gasteiger charge is -2.10. The molecule has 0 N–H and O–H groups in total. The van der Waals surface area contributed by atoms with Crippen molar-refractivity contribution in [3.8, 4) is 22.7 Å². The molecule has 10 nitrogen and oxygen atoms in total. The molecular formula is C25H23N5O5. The molecule has 0 aliphatic carbocycles. The first-order valence-corrected chi connectivity index (χ1v) is 11.0. The van der Waals surface area contributed by atoms with E-state index < -0.39 is 23.8 Å². The van der Waals surface area contributed by atoms with Crippen LogP contribution in [0.2, 0.25) is 0 Å². The van der Waals surface area contributed by atoms with E-state index in [2.05, 4.69) is 9.72 Å². The van der Waals surface area contributed by atoms with Crippen molar-refractivity contribution in [2.75, 3.05) is 13.7 Å². The molecule has 3 heterocycles. The molecule has 0 aliphatic heterocycles. The van der Waals surface area contributed by atoms with Gasteiger partial charge in [-0.2, -0.15) is 4.98 Å². The van der Waals surface area contributed by atoms with Crippen LogP contribution in [-0.2, 0) is 23.1 Å². The lowest BCUT2D eigenvalue weighted by atomic mass is 10.1. The molecule has 0 spiro atoms. The van der Waals surface area contributed by atoms with E-state index in [1.807, 2.05) is 72.3 Å². The summed E-state index contributed by atoms with van der Waals surface area (Å²) in [5, 5.41) is 0. The topological polar surface area (TPSA) is 102 Å². The number of aromatic nitrogens is 5. The third-order valence-corrected chi connectivity index (χ3v) is 5.84. The summed E-state index contributed by atoms with van der Waals surface area (Å²) in [6.45, 7) is 1.99. The van der Waals surface area contributed by atoms with Gasteiger partial charge in [-0.05, 0) is 31.2 Å². The number of benzene rings is 2. The van der Waals surface area contributed by atoms with Crippen molar-refractivity contribution in [1.29, 1.82) is 0 Å². The summed E-state index contributed by atoms with van der Waals surface area (Å²) in [7, 11) is 2.72. The maximum absolute atomic E-state index is 13.4. The van der Waals surface area contributed by atoms with Gasteiger partial charge in [0.25, 0.3) is 5.56 Å². The second-order valence-corrected chi connectivity index (χ2v) is 7.91. The van der Waals surface area contributed by atoms with Gasteiger partial charge in [0.1, 0.15) is 12.3 Å². The van der Waals surface area contributed by atoms with Gasteiger partial charge in [-0.15, -0.1) is 0 Å². The second kappa shape index (κ2) is 8.64. The van der Waals surface area contributed by atoms with Crippen LogP contribution in [0.1, 0.15) is 6.92 Å². The van der Waals surface area contributed by atoms with Gasteiger partial charge < -0.3 is 9.47 Å². The fourth-order valence-corrected chi connectivity index (χ4v) is 4.15. The van der Waals surface area contributed by atoms with Crippen LogP contribution in [0, 0.1) is 0 Å². The molecule has 178 valence electrons. The van der Waals surface area contributed by atoms with Gasteiger partial charge in [0, 0.05) is 24.5 Å². The quantitative estimate of drug-likeness (QED) is 0.351. The average Bonchev–Trinajstić information content (AvgIpc) is 3.43. The minimum Gasteiger partial charge on any atom is -0.494 e. The maximum Gasteiger partial charge on any atom is 0.333 e. The Balaban J connectivity index is 1.84. The zero-order valence-corrected chi connectivity index (χ0v) is 19.5. The summed E-state index contributed by atoms with van der Waals surface area (Å²) >= 11 is 0. The number of aryl methyl sites for hydroxylation is 1. The van der Waals surface area contributed by atoms with Crippen LogP contribution < -0.4 is 16.0 Å². The molecule has 3 aromatic heterocycles.